The second-order valence-electron chi connectivity index (χ2n) is 3.83. The molecule has 1 rings (SSSR count). The van der Waals surface area contributed by atoms with Gasteiger partial charge in [-0.1, -0.05) is 30.3 Å². The molecule has 0 fully saturated rings. The number of carbonyl (C=O) groups is 2. The smallest absolute Gasteiger partial charge is 0.328 e. The van der Waals surface area contributed by atoms with Crippen LogP contribution in [0.3, 0.4) is 0 Å². The molecule has 98 valence electrons. The quantitative estimate of drug-likeness (QED) is 0.785. The summed E-state index contributed by atoms with van der Waals surface area (Å²) in [6, 6.07) is 11.3. The number of nitriles is 1. The van der Waals surface area contributed by atoms with Crippen LogP contribution in [0.4, 0.5) is 0 Å². The Morgan fingerprint density at radius 3 is 2.53 bits per heavy atom. The van der Waals surface area contributed by atoms with E-state index in [1.165, 1.54) is 4.90 Å². The summed E-state index contributed by atoms with van der Waals surface area (Å²) < 4.78 is 0. The third kappa shape index (κ3) is 5.50. The molecule has 0 heterocycles. The van der Waals surface area contributed by atoms with E-state index in [0.29, 0.717) is 6.54 Å². The highest BCUT2D eigenvalue weighted by molar-refractivity contribution is 5.93. The van der Waals surface area contributed by atoms with Crippen molar-refractivity contribution >= 4 is 11.9 Å². The van der Waals surface area contributed by atoms with Crippen LogP contribution in [0.2, 0.25) is 0 Å². The van der Waals surface area contributed by atoms with Crippen molar-refractivity contribution in [1.82, 2.24) is 4.90 Å². The average Bonchev–Trinajstić information content (AvgIpc) is 2.41. The molecule has 0 aromatic heterocycles. The number of amides is 1. The van der Waals surface area contributed by atoms with Gasteiger partial charge in [0, 0.05) is 25.2 Å². The van der Waals surface area contributed by atoms with Crippen molar-refractivity contribution in [1.29, 1.82) is 5.26 Å². The lowest BCUT2D eigenvalue weighted by molar-refractivity contribution is -0.132. The van der Waals surface area contributed by atoms with Crippen LogP contribution in [0, 0.1) is 11.3 Å². The van der Waals surface area contributed by atoms with Crippen molar-refractivity contribution in [2.75, 3.05) is 6.54 Å². The number of benzene rings is 1. The highest BCUT2D eigenvalue weighted by Gasteiger charge is 2.11. The third-order valence-corrected chi connectivity index (χ3v) is 2.39. The monoisotopic (exact) mass is 258 g/mol. The van der Waals surface area contributed by atoms with Crippen LogP contribution in [0.5, 0.6) is 0 Å². The number of carboxylic acids is 1. The van der Waals surface area contributed by atoms with Gasteiger partial charge >= 0.3 is 5.97 Å². The lowest BCUT2D eigenvalue weighted by Crippen LogP contribution is -2.30. The number of hydrogen-bond acceptors (Lipinski definition) is 3. The van der Waals surface area contributed by atoms with E-state index in [0.717, 1.165) is 17.7 Å². The SMILES string of the molecule is N#CCCN(Cc1ccccc1)C(=O)/C=C/C(=O)O. The van der Waals surface area contributed by atoms with E-state index in [9.17, 15) is 9.59 Å². The second kappa shape index (κ2) is 7.67. The second-order valence-corrected chi connectivity index (χ2v) is 3.83. The Kier molecular flexibility index (Phi) is 5.83. The molecule has 1 aromatic carbocycles. The van der Waals surface area contributed by atoms with E-state index >= 15 is 0 Å². The Morgan fingerprint density at radius 2 is 1.95 bits per heavy atom. The summed E-state index contributed by atoms with van der Waals surface area (Å²) in [5, 5.41) is 17.1. The summed E-state index contributed by atoms with van der Waals surface area (Å²) in [6.45, 7) is 0.625. The van der Waals surface area contributed by atoms with Gasteiger partial charge in [-0.15, -0.1) is 0 Å². The molecular formula is C14H14N2O3. The van der Waals surface area contributed by atoms with Crippen molar-refractivity contribution in [3.63, 3.8) is 0 Å². The van der Waals surface area contributed by atoms with Crippen LogP contribution in [-0.4, -0.2) is 28.4 Å². The first-order valence-corrected chi connectivity index (χ1v) is 5.74. The summed E-state index contributed by atoms with van der Waals surface area (Å²) in [7, 11) is 0. The van der Waals surface area contributed by atoms with Crippen molar-refractivity contribution in [2.24, 2.45) is 0 Å². The van der Waals surface area contributed by atoms with E-state index in [-0.39, 0.29) is 13.0 Å². The maximum Gasteiger partial charge on any atom is 0.328 e. The average molecular weight is 258 g/mol. The normalized spacial score (nSPS) is 10.1. The van der Waals surface area contributed by atoms with Crippen LogP contribution >= 0.6 is 0 Å². The summed E-state index contributed by atoms with van der Waals surface area (Å²) in [4.78, 5) is 23.7. The maximum absolute atomic E-state index is 11.8. The number of rotatable bonds is 6. The molecule has 0 atom stereocenters. The molecule has 0 saturated carbocycles. The predicted molar refractivity (Wildman–Crippen MR) is 68.9 cm³/mol. The molecule has 0 saturated heterocycles. The Labute approximate surface area is 111 Å². The molecule has 0 aliphatic heterocycles. The van der Waals surface area contributed by atoms with Crippen LogP contribution in [0.1, 0.15) is 12.0 Å². The minimum Gasteiger partial charge on any atom is -0.478 e. The molecule has 0 bridgehead atoms. The zero-order valence-corrected chi connectivity index (χ0v) is 10.3. The van der Waals surface area contributed by atoms with E-state index in [1.54, 1.807) is 0 Å². The standard InChI is InChI=1S/C14H14N2O3/c15-9-4-10-16(13(17)7-8-14(18)19)11-12-5-2-1-3-6-12/h1-3,5-8H,4,10-11H2,(H,18,19)/b8-7+. The molecule has 0 aliphatic carbocycles. The molecule has 1 N–H and O–H groups in total. The molecule has 0 spiro atoms. The van der Waals surface area contributed by atoms with Gasteiger partial charge in [0.15, 0.2) is 0 Å². The predicted octanol–water partition coefficient (Wildman–Crippen LogP) is 1.57. The highest BCUT2D eigenvalue weighted by Crippen LogP contribution is 2.06. The first-order valence-electron chi connectivity index (χ1n) is 5.74. The fraction of sp³-hybridized carbons (Fsp3) is 0.214. The van der Waals surface area contributed by atoms with E-state index in [1.807, 2.05) is 36.4 Å². The number of carboxylic acid groups (broad SMARTS) is 1. The zero-order valence-electron chi connectivity index (χ0n) is 10.3. The summed E-state index contributed by atoms with van der Waals surface area (Å²) >= 11 is 0. The van der Waals surface area contributed by atoms with Crippen molar-refractivity contribution in [2.45, 2.75) is 13.0 Å². The minimum absolute atomic E-state index is 0.208. The molecule has 0 radical (unpaired) electrons. The van der Waals surface area contributed by atoms with Crippen molar-refractivity contribution < 1.29 is 14.7 Å². The zero-order chi connectivity index (χ0) is 14.1. The van der Waals surface area contributed by atoms with Gasteiger partial charge in [0.25, 0.3) is 0 Å². The fourth-order valence-electron chi connectivity index (χ4n) is 1.50. The molecule has 5 heteroatoms. The van der Waals surface area contributed by atoms with Gasteiger partial charge in [0.05, 0.1) is 12.5 Å². The van der Waals surface area contributed by atoms with Gasteiger partial charge < -0.3 is 10.0 Å². The Bertz CT molecular complexity index is 503. The number of hydrogen-bond donors (Lipinski definition) is 1. The van der Waals surface area contributed by atoms with Crippen LogP contribution in [0.15, 0.2) is 42.5 Å². The van der Waals surface area contributed by atoms with Gasteiger partial charge in [-0.3, -0.25) is 4.79 Å². The third-order valence-electron chi connectivity index (χ3n) is 2.39. The summed E-state index contributed by atoms with van der Waals surface area (Å²) in [5.41, 5.74) is 0.928. The number of aliphatic carboxylic acids is 1. The minimum atomic E-state index is -1.17. The van der Waals surface area contributed by atoms with E-state index in [2.05, 4.69) is 0 Å². The van der Waals surface area contributed by atoms with Crippen molar-refractivity contribution in [3.05, 3.63) is 48.0 Å². The first kappa shape index (κ1) is 14.5. The molecular weight excluding hydrogens is 244 g/mol. The lowest BCUT2D eigenvalue weighted by Gasteiger charge is -2.19. The van der Waals surface area contributed by atoms with Gasteiger partial charge in [0.1, 0.15) is 0 Å². The van der Waals surface area contributed by atoms with Gasteiger partial charge in [-0.05, 0) is 5.56 Å². The molecule has 0 unspecified atom stereocenters. The Hall–Kier alpha value is -2.61. The van der Waals surface area contributed by atoms with Gasteiger partial charge in [0.2, 0.25) is 5.91 Å². The highest BCUT2D eigenvalue weighted by atomic mass is 16.4. The van der Waals surface area contributed by atoms with E-state index < -0.39 is 11.9 Å². The Morgan fingerprint density at radius 1 is 1.26 bits per heavy atom. The van der Waals surface area contributed by atoms with Crippen LogP contribution < -0.4 is 0 Å². The molecule has 1 amide bonds. The molecule has 5 nitrogen and oxygen atoms in total. The molecule has 1 aromatic rings. The van der Waals surface area contributed by atoms with Crippen LogP contribution in [0.25, 0.3) is 0 Å². The number of nitrogens with zero attached hydrogens (tertiary/aromatic N) is 2. The van der Waals surface area contributed by atoms with E-state index in [4.69, 9.17) is 10.4 Å². The Balaban J connectivity index is 2.74. The summed E-state index contributed by atoms with van der Waals surface area (Å²) in [6.07, 6.45) is 2.01. The largest absolute Gasteiger partial charge is 0.478 e. The number of carbonyl (C=O) groups excluding carboxylic acids is 1. The van der Waals surface area contributed by atoms with Crippen molar-refractivity contribution in [3.8, 4) is 6.07 Å². The van der Waals surface area contributed by atoms with Gasteiger partial charge in [-0.25, -0.2) is 4.79 Å². The maximum atomic E-state index is 11.8. The topological polar surface area (TPSA) is 81.4 Å². The lowest BCUT2D eigenvalue weighted by atomic mass is 10.2. The van der Waals surface area contributed by atoms with Crippen LogP contribution in [-0.2, 0) is 16.1 Å². The molecule has 0 aliphatic rings. The first-order chi connectivity index (χ1) is 9.13. The summed E-state index contributed by atoms with van der Waals surface area (Å²) in [5.74, 6) is -1.59. The fourth-order valence-corrected chi connectivity index (χ4v) is 1.50. The molecule has 19 heavy (non-hydrogen) atoms. The van der Waals surface area contributed by atoms with Gasteiger partial charge in [-0.2, -0.15) is 5.26 Å².